The second-order valence-corrected chi connectivity index (χ2v) is 8.36. The van der Waals surface area contributed by atoms with Gasteiger partial charge in [0.1, 0.15) is 0 Å². The highest BCUT2D eigenvalue weighted by Gasteiger charge is 2.22. The Morgan fingerprint density at radius 1 is 1.29 bits per heavy atom. The van der Waals surface area contributed by atoms with Gasteiger partial charge in [0.2, 0.25) is 0 Å². The number of halogens is 2. The van der Waals surface area contributed by atoms with Crippen molar-refractivity contribution in [2.24, 2.45) is 0 Å². The van der Waals surface area contributed by atoms with Crippen LogP contribution in [0, 0.1) is 0 Å². The fourth-order valence-corrected chi connectivity index (χ4v) is 4.25. The fourth-order valence-electron chi connectivity index (χ4n) is 2.53. The minimum absolute atomic E-state index is 0.106. The van der Waals surface area contributed by atoms with Crippen LogP contribution in [0.3, 0.4) is 0 Å². The second-order valence-electron chi connectivity index (χ2n) is 5.27. The summed E-state index contributed by atoms with van der Waals surface area (Å²) in [5.41, 5.74) is 0.983. The second kappa shape index (κ2) is 7.29. The standard InChI is InChI=1S/C14H20Cl2N2O2S/c1-17-13(11-3-2-4-12(15)14(11)16)5-6-18-7-9-21(19,20)10-8-18/h2-4,13,17H,5-10H2,1H3. The van der Waals surface area contributed by atoms with Gasteiger partial charge in [-0.3, -0.25) is 0 Å². The van der Waals surface area contributed by atoms with Gasteiger partial charge in [0.25, 0.3) is 0 Å². The number of hydrogen-bond donors (Lipinski definition) is 1. The lowest BCUT2D eigenvalue weighted by Crippen LogP contribution is -2.41. The zero-order valence-electron chi connectivity index (χ0n) is 12.0. The van der Waals surface area contributed by atoms with E-state index in [0.717, 1.165) is 18.5 Å². The minimum Gasteiger partial charge on any atom is -0.313 e. The van der Waals surface area contributed by atoms with Crippen LogP contribution >= 0.6 is 23.2 Å². The summed E-state index contributed by atoms with van der Waals surface area (Å²) in [4.78, 5) is 2.18. The van der Waals surface area contributed by atoms with Crippen LogP contribution in [0.5, 0.6) is 0 Å². The SMILES string of the molecule is CNC(CCN1CCS(=O)(=O)CC1)c1cccc(Cl)c1Cl. The molecular weight excluding hydrogens is 331 g/mol. The van der Waals surface area contributed by atoms with Crippen molar-refractivity contribution in [2.75, 3.05) is 38.2 Å². The van der Waals surface area contributed by atoms with E-state index in [4.69, 9.17) is 23.2 Å². The molecule has 1 aliphatic rings. The highest BCUT2D eigenvalue weighted by molar-refractivity contribution is 7.91. The Hall–Kier alpha value is -0.330. The van der Waals surface area contributed by atoms with Crippen LogP contribution in [0.4, 0.5) is 0 Å². The van der Waals surface area contributed by atoms with E-state index >= 15 is 0 Å². The van der Waals surface area contributed by atoms with Crippen LogP contribution in [0.1, 0.15) is 18.0 Å². The van der Waals surface area contributed by atoms with Crippen LogP contribution in [0.15, 0.2) is 18.2 Å². The van der Waals surface area contributed by atoms with E-state index in [9.17, 15) is 8.42 Å². The van der Waals surface area contributed by atoms with Crippen molar-refractivity contribution in [1.29, 1.82) is 0 Å². The van der Waals surface area contributed by atoms with Crippen molar-refractivity contribution in [1.82, 2.24) is 10.2 Å². The van der Waals surface area contributed by atoms with Crippen molar-refractivity contribution < 1.29 is 8.42 Å². The van der Waals surface area contributed by atoms with E-state index in [2.05, 4.69) is 10.2 Å². The van der Waals surface area contributed by atoms with E-state index in [1.54, 1.807) is 6.07 Å². The number of rotatable bonds is 5. The highest BCUT2D eigenvalue weighted by Crippen LogP contribution is 2.31. The first-order valence-corrected chi connectivity index (χ1v) is 9.54. The summed E-state index contributed by atoms with van der Waals surface area (Å²) in [6.45, 7) is 2.06. The van der Waals surface area contributed by atoms with Gasteiger partial charge in [0.05, 0.1) is 21.6 Å². The topological polar surface area (TPSA) is 49.4 Å². The van der Waals surface area contributed by atoms with Crippen molar-refractivity contribution >= 4 is 33.0 Å². The summed E-state index contributed by atoms with van der Waals surface area (Å²) in [6, 6.07) is 5.74. The van der Waals surface area contributed by atoms with Gasteiger partial charge in [-0.15, -0.1) is 0 Å². The molecule has 1 heterocycles. The minimum atomic E-state index is -2.82. The number of benzene rings is 1. The van der Waals surface area contributed by atoms with Crippen molar-refractivity contribution in [3.63, 3.8) is 0 Å². The van der Waals surface area contributed by atoms with Gasteiger partial charge < -0.3 is 10.2 Å². The van der Waals surface area contributed by atoms with Crippen LogP contribution < -0.4 is 5.32 Å². The molecule has 1 atom stereocenters. The Bertz CT molecular complexity index is 579. The zero-order valence-corrected chi connectivity index (χ0v) is 14.3. The predicted molar refractivity (Wildman–Crippen MR) is 88.0 cm³/mol. The summed E-state index contributed by atoms with van der Waals surface area (Å²) in [5.74, 6) is 0.518. The number of nitrogens with zero attached hydrogens (tertiary/aromatic N) is 1. The number of hydrogen-bond acceptors (Lipinski definition) is 4. The molecule has 0 saturated carbocycles. The molecule has 0 spiro atoms. The van der Waals surface area contributed by atoms with E-state index in [-0.39, 0.29) is 17.5 Å². The van der Waals surface area contributed by atoms with Gasteiger partial charge >= 0.3 is 0 Å². The Kier molecular flexibility index (Phi) is 5.91. The molecule has 118 valence electrons. The summed E-state index contributed by atoms with van der Waals surface area (Å²) in [7, 11) is -0.929. The number of nitrogens with one attached hydrogen (secondary N) is 1. The van der Waals surface area contributed by atoms with Gasteiger partial charge in [0.15, 0.2) is 9.84 Å². The van der Waals surface area contributed by atoms with E-state index < -0.39 is 9.84 Å². The first kappa shape index (κ1) is 17.0. The Balaban J connectivity index is 1.96. The van der Waals surface area contributed by atoms with Gasteiger partial charge in [-0.25, -0.2) is 8.42 Å². The average Bonchev–Trinajstić information content (AvgIpc) is 2.45. The molecule has 0 bridgehead atoms. The maximum absolute atomic E-state index is 11.4. The summed E-state index contributed by atoms with van der Waals surface area (Å²) >= 11 is 12.3. The van der Waals surface area contributed by atoms with E-state index in [1.807, 2.05) is 19.2 Å². The molecule has 1 N–H and O–H groups in total. The maximum Gasteiger partial charge on any atom is 0.152 e. The van der Waals surface area contributed by atoms with E-state index in [1.165, 1.54) is 0 Å². The molecule has 1 aliphatic heterocycles. The lowest BCUT2D eigenvalue weighted by Gasteiger charge is -2.28. The number of sulfone groups is 1. The normalized spacial score (nSPS) is 20.3. The van der Waals surface area contributed by atoms with Crippen LogP contribution in [-0.4, -0.2) is 51.5 Å². The Morgan fingerprint density at radius 3 is 2.57 bits per heavy atom. The lowest BCUT2D eigenvalue weighted by molar-refractivity contribution is 0.278. The molecule has 2 rings (SSSR count). The zero-order chi connectivity index (χ0) is 15.5. The van der Waals surface area contributed by atoms with Gasteiger partial charge in [-0.1, -0.05) is 35.3 Å². The third kappa shape index (κ3) is 4.57. The van der Waals surface area contributed by atoms with Crippen LogP contribution in [0.25, 0.3) is 0 Å². The molecular formula is C14H20Cl2N2O2S. The molecule has 4 nitrogen and oxygen atoms in total. The summed E-state index contributed by atoms with van der Waals surface area (Å²) in [5, 5.41) is 4.39. The van der Waals surface area contributed by atoms with Gasteiger partial charge in [-0.05, 0) is 25.1 Å². The van der Waals surface area contributed by atoms with Crippen molar-refractivity contribution in [2.45, 2.75) is 12.5 Å². The van der Waals surface area contributed by atoms with Crippen LogP contribution in [0.2, 0.25) is 10.0 Å². The average molecular weight is 351 g/mol. The van der Waals surface area contributed by atoms with Crippen LogP contribution in [-0.2, 0) is 9.84 Å². The molecule has 0 aromatic heterocycles. The smallest absolute Gasteiger partial charge is 0.152 e. The molecule has 7 heteroatoms. The molecule has 0 amide bonds. The third-order valence-electron chi connectivity index (χ3n) is 3.88. The molecule has 1 aromatic rings. The van der Waals surface area contributed by atoms with E-state index in [0.29, 0.717) is 23.1 Å². The highest BCUT2D eigenvalue weighted by atomic mass is 35.5. The van der Waals surface area contributed by atoms with Gasteiger partial charge in [-0.2, -0.15) is 0 Å². The molecule has 1 aromatic carbocycles. The van der Waals surface area contributed by atoms with Gasteiger partial charge in [0, 0.05) is 25.7 Å². The molecule has 21 heavy (non-hydrogen) atoms. The largest absolute Gasteiger partial charge is 0.313 e. The molecule has 1 fully saturated rings. The monoisotopic (exact) mass is 350 g/mol. The van der Waals surface area contributed by atoms with Crippen molar-refractivity contribution in [3.8, 4) is 0 Å². The molecule has 0 aliphatic carbocycles. The van der Waals surface area contributed by atoms with Crippen molar-refractivity contribution in [3.05, 3.63) is 33.8 Å². The fraction of sp³-hybridized carbons (Fsp3) is 0.571. The Morgan fingerprint density at radius 2 is 1.95 bits per heavy atom. The first-order chi connectivity index (χ1) is 9.93. The molecule has 1 unspecified atom stereocenters. The summed E-state index contributed by atoms with van der Waals surface area (Å²) in [6.07, 6.45) is 0.858. The predicted octanol–water partition coefficient (Wildman–Crippen LogP) is 2.37. The lowest BCUT2D eigenvalue weighted by atomic mass is 10.0. The molecule has 0 radical (unpaired) electrons. The summed E-state index contributed by atoms with van der Waals surface area (Å²) < 4.78 is 22.8. The first-order valence-electron chi connectivity index (χ1n) is 6.97. The quantitative estimate of drug-likeness (QED) is 0.885. The molecule has 1 saturated heterocycles. The third-order valence-corrected chi connectivity index (χ3v) is 6.32. The Labute approximate surface area is 136 Å². The maximum atomic E-state index is 11.4.